The van der Waals surface area contributed by atoms with Crippen LogP contribution in [0, 0.1) is 6.92 Å². The quantitative estimate of drug-likeness (QED) is 0.741. The second kappa shape index (κ2) is 4.11. The van der Waals surface area contributed by atoms with Gasteiger partial charge >= 0.3 is 0 Å². The number of nitrogens with one attached hydrogen (secondary N) is 1. The number of aromatic nitrogens is 1. The second-order valence-electron chi connectivity index (χ2n) is 3.29. The van der Waals surface area contributed by atoms with Gasteiger partial charge in [0.05, 0.1) is 5.37 Å². The van der Waals surface area contributed by atoms with Crippen molar-refractivity contribution in [2.45, 2.75) is 18.7 Å². The molecule has 1 aliphatic rings. The molecule has 1 aromatic rings. The molecule has 1 atom stereocenters. The van der Waals surface area contributed by atoms with E-state index in [1.165, 1.54) is 17.7 Å². The van der Waals surface area contributed by atoms with Gasteiger partial charge in [0.15, 0.2) is 0 Å². The highest BCUT2D eigenvalue weighted by atomic mass is 32.2. The molecule has 1 aromatic heterocycles. The van der Waals surface area contributed by atoms with Crippen LogP contribution >= 0.6 is 11.8 Å². The number of nitrogens with zero attached hydrogens (tertiary/aromatic N) is 1. The Morgan fingerprint density at radius 3 is 3.08 bits per heavy atom. The van der Waals surface area contributed by atoms with E-state index < -0.39 is 0 Å². The number of aryl methyl sites for hydroxylation is 1. The Hall–Kier alpha value is -0.540. The summed E-state index contributed by atoms with van der Waals surface area (Å²) in [5.74, 6) is 1.26. The fourth-order valence-electron chi connectivity index (χ4n) is 1.41. The van der Waals surface area contributed by atoms with Crippen molar-refractivity contribution in [1.29, 1.82) is 0 Å². The highest BCUT2D eigenvalue weighted by Crippen LogP contribution is 2.28. The van der Waals surface area contributed by atoms with Crippen molar-refractivity contribution in [3.05, 3.63) is 29.6 Å². The van der Waals surface area contributed by atoms with Crippen LogP contribution in [0.2, 0.25) is 0 Å². The van der Waals surface area contributed by atoms with E-state index in [0.29, 0.717) is 5.37 Å². The Morgan fingerprint density at radius 2 is 2.46 bits per heavy atom. The van der Waals surface area contributed by atoms with Gasteiger partial charge in [-0.05, 0) is 37.3 Å². The van der Waals surface area contributed by atoms with Crippen molar-refractivity contribution in [2.24, 2.45) is 0 Å². The van der Waals surface area contributed by atoms with Crippen LogP contribution in [0.1, 0.15) is 23.1 Å². The van der Waals surface area contributed by atoms with E-state index in [1.54, 1.807) is 0 Å². The predicted molar refractivity (Wildman–Crippen MR) is 56.8 cm³/mol. The van der Waals surface area contributed by atoms with E-state index >= 15 is 0 Å². The standard InChI is InChI=1S/C10H14N2S/c1-8-3-4-9(7-12-8)10-11-5-2-6-13-10/h3-4,7,10-11H,2,5-6H2,1H3. The minimum absolute atomic E-state index is 0.460. The summed E-state index contributed by atoms with van der Waals surface area (Å²) in [6.07, 6.45) is 3.26. The summed E-state index contributed by atoms with van der Waals surface area (Å²) in [5, 5.41) is 3.94. The van der Waals surface area contributed by atoms with Gasteiger partial charge in [0.25, 0.3) is 0 Å². The molecule has 0 saturated carbocycles. The molecule has 13 heavy (non-hydrogen) atoms. The van der Waals surface area contributed by atoms with Crippen molar-refractivity contribution in [3.8, 4) is 0 Å². The molecule has 2 heterocycles. The molecule has 0 spiro atoms. The van der Waals surface area contributed by atoms with E-state index in [2.05, 4.69) is 22.4 Å². The lowest BCUT2D eigenvalue weighted by molar-refractivity contribution is 0.641. The molecule has 1 aliphatic heterocycles. The molecular weight excluding hydrogens is 180 g/mol. The van der Waals surface area contributed by atoms with Crippen LogP contribution in [-0.2, 0) is 0 Å². The highest BCUT2D eigenvalue weighted by Gasteiger charge is 2.14. The van der Waals surface area contributed by atoms with Gasteiger partial charge in [0.1, 0.15) is 0 Å². The minimum Gasteiger partial charge on any atom is -0.302 e. The smallest absolute Gasteiger partial charge is 0.0804 e. The number of rotatable bonds is 1. The van der Waals surface area contributed by atoms with Crippen LogP contribution in [0.15, 0.2) is 18.3 Å². The monoisotopic (exact) mass is 194 g/mol. The van der Waals surface area contributed by atoms with Gasteiger partial charge in [-0.15, -0.1) is 11.8 Å². The zero-order valence-corrected chi connectivity index (χ0v) is 8.60. The van der Waals surface area contributed by atoms with Crippen LogP contribution in [0.4, 0.5) is 0 Å². The van der Waals surface area contributed by atoms with E-state index in [4.69, 9.17) is 0 Å². The van der Waals surface area contributed by atoms with Gasteiger partial charge in [-0.25, -0.2) is 0 Å². The molecule has 0 aliphatic carbocycles. The van der Waals surface area contributed by atoms with Gasteiger partial charge in [-0.1, -0.05) is 6.07 Å². The average molecular weight is 194 g/mol. The lowest BCUT2D eigenvalue weighted by Crippen LogP contribution is -2.25. The van der Waals surface area contributed by atoms with Crippen LogP contribution in [0.25, 0.3) is 0 Å². The zero-order chi connectivity index (χ0) is 9.10. The maximum Gasteiger partial charge on any atom is 0.0804 e. The maximum absolute atomic E-state index is 4.30. The second-order valence-corrected chi connectivity index (χ2v) is 4.50. The molecule has 1 saturated heterocycles. The van der Waals surface area contributed by atoms with Crippen LogP contribution in [0.5, 0.6) is 0 Å². The molecule has 2 rings (SSSR count). The van der Waals surface area contributed by atoms with E-state index in [-0.39, 0.29) is 0 Å². The molecule has 0 aromatic carbocycles. The molecule has 70 valence electrons. The highest BCUT2D eigenvalue weighted by molar-refractivity contribution is 7.99. The van der Waals surface area contributed by atoms with Crippen molar-refractivity contribution >= 4 is 11.8 Å². The Morgan fingerprint density at radius 1 is 1.54 bits per heavy atom. The Kier molecular flexibility index (Phi) is 2.86. The summed E-state index contributed by atoms with van der Waals surface area (Å²) in [6.45, 7) is 3.15. The number of hydrogen-bond acceptors (Lipinski definition) is 3. The predicted octanol–water partition coefficient (Wildman–Crippen LogP) is 2.12. The summed E-state index contributed by atoms with van der Waals surface area (Å²) in [5.41, 5.74) is 2.39. The Balaban J connectivity index is 2.10. The van der Waals surface area contributed by atoms with Crippen LogP contribution < -0.4 is 5.32 Å². The first-order valence-corrected chi connectivity index (χ1v) is 5.69. The SMILES string of the molecule is Cc1ccc(C2NCCCS2)cn1. The third-order valence-corrected chi connectivity index (χ3v) is 3.47. The third-order valence-electron chi connectivity index (χ3n) is 2.17. The number of hydrogen-bond donors (Lipinski definition) is 1. The van der Waals surface area contributed by atoms with Gasteiger partial charge in [-0.3, -0.25) is 4.98 Å². The Labute approximate surface area is 83.1 Å². The first-order valence-electron chi connectivity index (χ1n) is 4.64. The van der Waals surface area contributed by atoms with Gasteiger partial charge in [0, 0.05) is 11.9 Å². The summed E-state index contributed by atoms with van der Waals surface area (Å²) < 4.78 is 0. The first kappa shape index (κ1) is 9.03. The van der Waals surface area contributed by atoms with Crippen LogP contribution in [-0.4, -0.2) is 17.3 Å². The van der Waals surface area contributed by atoms with Crippen molar-refractivity contribution in [1.82, 2.24) is 10.3 Å². The molecule has 1 N–H and O–H groups in total. The molecule has 2 nitrogen and oxygen atoms in total. The lowest BCUT2D eigenvalue weighted by atomic mass is 10.2. The van der Waals surface area contributed by atoms with Crippen molar-refractivity contribution in [2.75, 3.05) is 12.3 Å². The molecular formula is C10H14N2S. The lowest BCUT2D eigenvalue weighted by Gasteiger charge is -2.22. The zero-order valence-electron chi connectivity index (χ0n) is 7.79. The average Bonchev–Trinajstić information content (AvgIpc) is 2.20. The van der Waals surface area contributed by atoms with Gasteiger partial charge < -0.3 is 5.32 Å². The molecule has 0 radical (unpaired) electrons. The normalized spacial score (nSPS) is 23.0. The molecule has 1 fully saturated rings. The number of thioether (sulfide) groups is 1. The minimum atomic E-state index is 0.460. The Bertz CT molecular complexity index is 265. The molecule has 0 amide bonds. The summed E-state index contributed by atoms with van der Waals surface area (Å²) in [4.78, 5) is 4.30. The topological polar surface area (TPSA) is 24.9 Å². The van der Waals surface area contributed by atoms with E-state index in [0.717, 1.165) is 12.2 Å². The van der Waals surface area contributed by atoms with Crippen LogP contribution in [0.3, 0.4) is 0 Å². The summed E-state index contributed by atoms with van der Waals surface area (Å²) in [7, 11) is 0. The fourth-order valence-corrected chi connectivity index (χ4v) is 2.53. The molecule has 1 unspecified atom stereocenters. The van der Waals surface area contributed by atoms with Gasteiger partial charge in [0.2, 0.25) is 0 Å². The number of pyridine rings is 1. The van der Waals surface area contributed by atoms with Gasteiger partial charge in [-0.2, -0.15) is 0 Å². The fraction of sp³-hybridized carbons (Fsp3) is 0.500. The summed E-state index contributed by atoms with van der Waals surface area (Å²) in [6, 6.07) is 4.24. The molecule has 3 heteroatoms. The third kappa shape index (κ3) is 2.23. The summed E-state index contributed by atoms with van der Waals surface area (Å²) >= 11 is 1.97. The van der Waals surface area contributed by atoms with E-state index in [9.17, 15) is 0 Å². The van der Waals surface area contributed by atoms with Crippen molar-refractivity contribution < 1.29 is 0 Å². The molecule has 0 bridgehead atoms. The first-order chi connectivity index (χ1) is 6.36. The maximum atomic E-state index is 4.30. The van der Waals surface area contributed by atoms with E-state index in [1.807, 2.05) is 24.9 Å². The largest absolute Gasteiger partial charge is 0.302 e. The van der Waals surface area contributed by atoms with Crippen molar-refractivity contribution in [3.63, 3.8) is 0 Å².